The van der Waals surface area contributed by atoms with E-state index in [4.69, 9.17) is 4.74 Å². The number of benzene rings is 1. The van der Waals surface area contributed by atoms with E-state index in [9.17, 15) is 10.0 Å². The average molecular weight is 313 g/mol. The van der Waals surface area contributed by atoms with Gasteiger partial charge in [0.1, 0.15) is 0 Å². The third kappa shape index (κ3) is 3.43. The number of nitrogens with one attached hydrogen (secondary N) is 1. The number of ether oxygens (including phenoxy) is 1. The van der Waals surface area contributed by atoms with Crippen LogP contribution in [-0.4, -0.2) is 32.2 Å². The zero-order chi connectivity index (χ0) is 16.2. The van der Waals surface area contributed by atoms with E-state index in [0.717, 1.165) is 37.6 Å². The molecule has 6 nitrogen and oxygen atoms in total. The third-order valence-corrected chi connectivity index (χ3v) is 3.89. The molecule has 6 heteroatoms. The van der Waals surface area contributed by atoms with Crippen LogP contribution in [0, 0.1) is 12.1 Å². The van der Waals surface area contributed by atoms with Gasteiger partial charge in [-0.1, -0.05) is 0 Å². The summed E-state index contributed by atoms with van der Waals surface area (Å²) in [5, 5.41) is 14.4. The summed E-state index contributed by atoms with van der Waals surface area (Å²) in [6.07, 6.45) is 1.31. The predicted octanol–water partition coefficient (Wildman–Crippen LogP) is 1.72. The van der Waals surface area contributed by atoms with Crippen molar-refractivity contribution < 1.29 is 14.3 Å². The van der Waals surface area contributed by atoms with Crippen LogP contribution in [-0.2, 0) is 4.74 Å². The van der Waals surface area contributed by atoms with Crippen molar-refractivity contribution in [3.8, 4) is 0 Å². The molecular weight excluding hydrogens is 294 g/mol. The van der Waals surface area contributed by atoms with E-state index in [2.05, 4.69) is 10.2 Å². The second-order valence-corrected chi connectivity index (χ2v) is 5.46. The summed E-state index contributed by atoms with van der Waals surface area (Å²) in [6, 6.07) is 10.6. The minimum absolute atomic E-state index is 0.0733. The van der Waals surface area contributed by atoms with Crippen LogP contribution in [0.15, 0.2) is 42.6 Å². The Morgan fingerprint density at radius 1 is 1.26 bits per heavy atom. The molecule has 1 N–H and O–H groups in total. The molecule has 2 heterocycles. The maximum Gasteiger partial charge on any atom is 0.321 e. The van der Waals surface area contributed by atoms with Gasteiger partial charge < -0.3 is 20.2 Å². The van der Waals surface area contributed by atoms with Gasteiger partial charge >= 0.3 is 5.91 Å². The van der Waals surface area contributed by atoms with E-state index in [0.29, 0.717) is 10.4 Å². The van der Waals surface area contributed by atoms with Crippen molar-refractivity contribution in [2.24, 2.45) is 0 Å². The highest BCUT2D eigenvalue weighted by molar-refractivity contribution is 6.02. The molecule has 3 rings (SSSR count). The molecular formula is C17H19N3O3. The maximum atomic E-state index is 12.2. The quantitative estimate of drug-likeness (QED) is 0.692. The fraction of sp³-hybridized carbons (Fsp3) is 0.294. The Kier molecular flexibility index (Phi) is 4.43. The molecule has 120 valence electrons. The molecule has 1 saturated heterocycles. The predicted molar refractivity (Wildman–Crippen MR) is 87.6 cm³/mol. The van der Waals surface area contributed by atoms with Crippen LogP contribution in [0.1, 0.15) is 16.1 Å². The SMILES string of the molecule is Cc1cc(N2CCOCC2)ccc1NC(=O)c1cccc[n+]1[O-]. The number of amides is 1. The number of anilines is 2. The van der Waals surface area contributed by atoms with Crippen LogP contribution >= 0.6 is 0 Å². The van der Waals surface area contributed by atoms with Crippen molar-refractivity contribution in [2.45, 2.75) is 6.92 Å². The maximum absolute atomic E-state index is 12.2. The Bertz CT molecular complexity index is 712. The number of aryl methyl sites for hydroxylation is 1. The number of pyridine rings is 1. The molecule has 0 bridgehead atoms. The first-order chi connectivity index (χ1) is 11.1. The molecule has 23 heavy (non-hydrogen) atoms. The minimum Gasteiger partial charge on any atom is -0.618 e. The van der Waals surface area contributed by atoms with Gasteiger partial charge in [0.05, 0.1) is 13.2 Å². The standard InChI is InChI=1S/C17H19N3O3/c1-13-12-14(19-8-10-23-11-9-19)5-6-15(13)18-17(21)16-4-2-3-7-20(16)22/h2-7,12H,8-11H2,1H3,(H,18,21). The molecule has 0 saturated carbocycles. The normalized spacial score (nSPS) is 14.6. The third-order valence-electron chi connectivity index (χ3n) is 3.89. The molecule has 1 aliphatic rings. The second kappa shape index (κ2) is 6.66. The van der Waals surface area contributed by atoms with Crippen molar-refractivity contribution >= 4 is 17.3 Å². The van der Waals surface area contributed by atoms with Gasteiger partial charge in [0, 0.05) is 36.6 Å². The molecule has 2 aromatic rings. The van der Waals surface area contributed by atoms with E-state index in [1.54, 1.807) is 12.1 Å². The summed E-state index contributed by atoms with van der Waals surface area (Å²) >= 11 is 0. The van der Waals surface area contributed by atoms with Gasteiger partial charge in [0.2, 0.25) is 0 Å². The Labute approximate surface area is 134 Å². The van der Waals surface area contributed by atoms with Gasteiger partial charge in [-0.2, -0.15) is 4.73 Å². The van der Waals surface area contributed by atoms with Crippen molar-refractivity contribution in [1.82, 2.24) is 0 Å². The lowest BCUT2D eigenvalue weighted by atomic mass is 10.1. The molecule has 1 aromatic carbocycles. The Morgan fingerprint density at radius 3 is 2.74 bits per heavy atom. The van der Waals surface area contributed by atoms with Gasteiger partial charge in [-0.25, -0.2) is 0 Å². The van der Waals surface area contributed by atoms with Crippen LogP contribution < -0.4 is 14.9 Å². The van der Waals surface area contributed by atoms with E-state index in [1.807, 2.05) is 25.1 Å². The number of aromatic nitrogens is 1. The Morgan fingerprint density at radius 2 is 2.04 bits per heavy atom. The summed E-state index contributed by atoms with van der Waals surface area (Å²) in [4.78, 5) is 14.5. The number of carbonyl (C=O) groups is 1. The molecule has 1 amide bonds. The first-order valence-electron chi connectivity index (χ1n) is 7.58. The number of hydrogen-bond acceptors (Lipinski definition) is 4. The zero-order valence-corrected chi connectivity index (χ0v) is 13.0. The van der Waals surface area contributed by atoms with Crippen molar-refractivity contribution in [2.75, 3.05) is 36.5 Å². The topological polar surface area (TPSA) is 68.5 Å². The van der Waals surface area contributed by atoms with Crippen LogP contribution in [0.4, 0.5) is 11.4 Å². The highest BCUT2D eigenvalue weighted by atomic mass is 16.5. The summed E-state index contributed by atoms with van der Waals surface area (Å²) in [5.74, 6) is -0.414. The first kappa shape index (κ1) is 15.3. The molecule has 0 atom stereocenters. The molecule has 1 aliphatic heterocycles. The Hall–Kier alpha value is -2.60. The lowest BCUT2D eigenvalue weighted by molar-refractivity contribution is -0.607. The fourth-order valence-corrected chi connectivity index (χ4v) is 2.60. The summed E-state index contributed by atoms with van der Waals surface area (Å²) in [7, 11) is 0. The molecule has 0 radical (unpaired) electrons. The number of hydrogen-bond donors (Lipinski definition) is 1. The van der Waals surface area contributed by atoms with E-state index in [1.165, 1.54) is 12.3 Å². The number of nitrogens with zero attached hydrogens (tertiary/aromatic N) is 2. The molecule has 0 spiro atoms. The van der Waals surface area contributed by atoms with E-state index < -0.39 is 5.91 Å². The monoisotopic (exact) mass is 313 g/mol. The largest absolute Gasteiger partial charge is 0.618 e. The lowest BCUT2D eigenvalue weighted by Gasteiger charge is -2.29. The van der Waals surface area contributed by atoms with Crippen molar-refractivity contribution in [3.05, 3.63) is 59.1 Å². The zero-order valence-electron chi connectivity index (χ0n) is 13.0. The fourth-order valence-electron chi connectivity index (χ4n) is 2.60. The summed E-state index contributed by atoms with van der Waals surface area (Å²) in [5.41, 5.74) is 2.85. The van der Waals surface area contributed by atoms with Crippen LogP contribution in [0.2, 0.25) is 0 Å². The minimum atomic E-state index is -0.414. The van der Waals surface area contributed by atoms with Gasteiger partial charge in [-0.15, -0.1) is 0 Å². The number of carbonyl (C=O) groups excluding carboxylic acids is 1. The van der Waals surface area contributed by atoms with E-state index in [-0.39, 0.29) is 5.69 Å². The van der Waals surface area contributed by atoms with Crippen LogP contribution in [0.5, 0.6) is 0 Å². The number of rotatable bonds is 3. The summed E-state index contributed by atoms with van der Waals surface area (Å²) < 4.78 is 5.92. The molecule has 1 aromatic heterocycles. The molecule has 1 fully saturated rings. The van der Waals surface area contributed by atoms with Crippen LogP contribution in [0.25, 0.3) is 0 Å². The van der Waals surface area contributed by atoms with Crippen LogP contribution in [0.3, 0.4) is 0 Å². The number of morpholine rings is 1. The average Bonchev–Trinajstić information content (AvgIpc) is 2.58. The highest BCUT2D eigenvalue weighted by Gasteiger charge is 2.17. The second-order valence-electron chi connectivity index (χ2n) is 5.46. The van der Waals surface area contributed by atoms with Gasteiger partial charge in [-0.05, 0) is 36.8 Å². The lowest BCUT2D eigenvalue weighted by Crippen LogP contribution is -2.36. The smallest absolute Gasteiger partial charge is 0.321 e. The Balaban J connectivity index is 1.76. The van der Waals surface area contributed by atoms with Gasteiger partial charge in [0.15, 0.2) is 6.20 Å². The van der Waals surface area contributed by atoms with Gasteiger partial charge in [-0.3, -0.25) is 4.79 Å². The highest BCUT2D eigenvalue weighted by Crippen LogP contribution is 2.23. The van der Waals surface area contributed by atoms with E-state index >= 15 is 0 Å². The summed E-state index contributed by atoms with van der Waals surface area (Å²) in [6.45, 7) is 5.14. The molecule has 0 aliphatic carbocycles. The molecule has 0 unspecified atom stereocenters. The first-order valence-corrected chi connectivity index (χ1v) is 7.58. The van der Waals surface area contributed by atoms with Crippen molar-refractivity contribution in [3.63, 3.8) is 0 Å². The van der Waals surface area contributed by atoms with Crippen molar-refractivity contribution in [1.29, 1.82) is 0 Å². The van der Waals surface area contributed by atoms with Gasteiger partial charge in [0.25, 0.3) is 5.69 Å².